The normalized spacial score (nSPS) is 11.5. The number of halogens is 2. The summed E-state index contributed by atoms with van der Waals surface area (Å²) >= 11 is 4.51. The number of amides is 2. The highest BCUT2D eigenvalue weighted by Gasteiger charge is 2.19. The molecule has 2 N–H and O–H groups in total. The van der Waals surface area contributed by atoms with Gasteiger partial charge in [-0.05, 0) is 45.8 Å². The molecule has 0 saturated heterocycles. The van der Waals surface area contributed by atoms with E-state index >= 15 is 0 Å². The van der Waals surface area contributed by atoms with Gasteiger partial charge in [0, 0.05) is 0 Å². The maximum atomic E-state index is 13.1. The maximum Gasteiger partial charge on any atom is 0.307 e. The quantitative estimate of drug-likeness (QED) is 0.645. The second kappa shape index (κ2) is 9.44. The second-order valence-electron chi connectivity index (χ2n) is 5.24. The maximum absolute atomic E-state index is 13.1. The van der Waals surface area contributed by atoms with Crippen LogP contribution in [0.2, 0.25) is 0 Å². The number of carbonyl (C=O) groups excluding carboxylic acids is 3. The zero-order valence-electron chi connectivity index (χ0n) is 13.8. The molecular weight excluding hydrogens is 427 g/mol. The molecule has 0 radical (unpaired) electrons. The summed E-state index contributed by atoms with van der Waals surface area (Å²) in [6.45, 7) is -0.257. The molecule has 0 fully saturated rings. The fourth-order valence-corrected chi connectivity index (χ4v) is 3.43. The fraction of sp³-hybridized carbons (Fsp3) is 0.235. The number of benzene rings is 1. The summed E-state index contributed by atoms with van der Waals surface area (Å²) in [6, 6.07) is 8.12. The van der Waals surface area contributed by atoms with E-state index in [4.69, 9.17) is 0 Å². The summed E-state index contributed by atoms with van der Waals surface area (Å²) < 4.78 is 18.5. The predicted octanol–water partition coefficient (Wildman–Crippen LogP) is 2.80. The SMILES string of the molecule is COC(=O)CC(NC(=O)CNC(=O)c1ccc(Br)s1)c1ccc(F)cc1. The molecule has 1 unspecified atom stereocenters. The van der Waals surface area contributed by atoms with Crippen LogP contribution >= 0.6 is 27.3 Å². The van der Waals surface area contributed by atoms with E-state index in [2.05, 4.69) is 31.3 Å². The molecule has 2 rings (SSSR count). The third-order valence-electron chi connectivity index (χ3n) is 3.41. The number of esters is 1. The van der Waals surface area contributed by atoms with Gasteiger partial charge in [-0.15, -0.1) is 11.3 Å². The summed E-state index contributed by atoms with van der Waals surface area (Å²) in [4.78, 5) is 36.2. The van der Waals surface area contributed by atoms with Gasteiger partial charge in [0.05, 0.1) is 34.8 Å². The van der Waals surface area contributed by atoms with Crippen molar-refractivity contribution in [2.75, 3.05) is 13.7 Å². The molecule has 1 aromatic carbocycles. The van der Waals surface area contributed by atoms with Crippen molar-refractivity contribution in [3.05, 3.63) is 56.4 Å². The summed E-state index contributed by atoms with van der Waals surface area (Å²) in [5, 5.41) is 5.15. The number of ether oxygens (including phenoxy) is 1. The second-order valence-corrected chi connectivity index (χ2v) is 7.70. The average Bonchev–Trinajstić information content (AvgIpc) is 3.06. The molecule has 26 heavy (non-hydrogen) atoms. The first-order valence-corrected chi connectivity index (χ1v) is 9.15. The molecule has 0 aliphatic carbocycles. The minimum absolute atomic E-state index is 0.111. The van der Waals surface area contributed by atoms with E-state index in [9.17, 15) is 18.8 Å². The van der Waals surface area contributed by atoms with E-state index in [-0.39, 0.29) is 18.9 Å². The molecule has 1 aromatic heterocycles. The van der Waals surface area contributed by atoms with Gasteiger partial charge in [0.1, 0.15) is 5.82 Å². The number of carbonyl (C=O) groups is 3. The Balaban J connectivity index is 1.97. The number of nitrogens with one attached hydrogen (secondary N) is 2. The van der Waals surface area contributed by atoms with Gasteiger partial charge in [-0.1, -0.05) is 12.1 Å². The van der Waals surface area contributed by atoms with Crippen molar-refractivity contribution in [3.8, 4) is 0 Å². The topological polar surface area (TPSA) is 84.5 Å². The Morgan fingerprint density at radius 3 is 2.46 bits per heavy atom. The van der Waals surface area contributed by atoms with Crippen LogP contribution in [0.4, 0.5) is 4.39 Å². The van der Waals surface area contributed by atoms with Gasteiger partial charge in [-0.25, -0.2) is 4.39 Å². The van der Waals surface area contributed by atoms with Crippen molar-refractivity contribution >= 4 is 45.1 Å². The van der Waals surface area contributed by atoms with Crippen LogP contribution < -0.4 is 10.6 Å². The van der Waals surface area contributed by atoms with E-state index in [1.165, 1.54) is 42.7 Å². The summed E-state index contributed by atoms with van der Waals surface area (Å²) in [6.07, 6.45) is -0.111. The van der Waals surface area contributed by atoms with E-state index in [1.807, 2.05) is 0 Å². The third-order valence-corrected chi connectivity index (χ3v) is 5.03. The van der Waals surface area contributed by atoms with Gasteiger partial charge in [0.2, 0.25) is 5.91 Å². The van der Waals surface area contributed by atoms with Crippen molar-refractivity contribution in [2.24, 2.45) is 0 Å². The Morgan fingerprint density at radius 2 is 1.88 bits per heavy atom. The molecule has 1 atom stereocenters. The first-order valence-electron chi connectivity index (χ1n) is 7.54. The van der Waals surface area contributed by atoms with Crippen LogP contribution in [0.5, 0.6) is 0 Å². The minimum atomic E-state index is -0.691. The monoisotopic (exact) mass is 442 g/mol. The Labute approximate surface area is 161 Å². The Kier molecular flexibility index (Phi) is 7.28. The third kappa shape index (κ3) is 5.92. The lowest BCUT2D eigenvalue weighted by molar-refractivity contribution is -0.141. The molecule has 0 saturated carbocycles. The van der Waals surface area contributed by atoms with Gasteiger partial charge in [-0.2, -0.15) is 0 Å². The molecule has 1 heterocycles. The zero-order chi connectivity index (χ0) is 19.1. The van der Waals surface area contributed by atoms with Gasteiger partial charge < -0.3 is 15.4 Å². The van der Waals surface area contributed by atoms with Crippen molar-refractivity contribution in [1.29, 1.82) is 0 Å². The van der Waals surface area contributed by atoms with Crippen molar-refractivity contribution < 1.29 is 23.5 Å². The molecule has 0 spiro atoms. The lowest BCUT2D eigenvalue weighted by Gasteiger charge is -2.18. The summed E-state index contributed by atoms with van der Waals surface area (Å²) in [5.74, 6) is -1.80. The highest BCUT2D eigenvalue weighted by Crippen LogP contribution is 2.22. The Morgan fingerprint density at radius 1 is 1.19 bits per heavy atom. The molecule has 0 bridgehead atoms. The lowest BCUT2D eigenvalue weighted by atomic mass is 10.0. The van der Waals surface area contributed by atoms with Crippen molar-refractivity contribution in [1.82, 2.24) is 10.6 Å². The molecule has 2 amide bonds. The molecule has 0 aliphatic rings. The smallest absolute Gasteiger partial charge is 0.307 e. The van der Waals surface area contributed by atoms with Crippen LogP contribution in [0.15, 0.2) is 40.2 Å². The Hall–Kier alpha value is -2.26. The van der Waals surface area contributed by atoms with Crippen molar-refractivity contribution in [3.63, 3.8) is 0 Å². The van der Waals surface area contributed by atoms with Crippen molar-refractivity contribution in [2.45, 2.75) is 12.5 Å². The van der Waals surface area contributed by atoms with Crippen LogP contribution in [0.1, 0.15) is 27.7 Å². The van der Waals surface area contributed by atoms with E-state index in [0.717, 1.165) is 3.79 Å². The number of hydrogen-bond acceptors (Lipinski definition) is 5. The summed E-state index contributed by atoms with van der Waals surface area (Å²) in [5.41, 5.74) is 0.554. The van der Waals surface area contributed by atoms with Gasteiger partial charge >= 0.3 is 5.97 Å². The van der Waals surface area contributed by atoms with Crippen LogP contribution in [-0.2, 0) is 14.3 Å². The predicted molar refractivity (Wildman–Crippen MR) is 98.3 cm³/mol. The van der Waals surface area contributed by atoms with Crippen LogP contribution in [0.25, 0.3) is 0 Å². The average molecular weight is 443 g/mol. The first-order chi connectivity index (χ1) is 12.4. The lowest BCUT2D eigenvalue weighted by Crippen LogP contribution is -2.39. The highest BCUT2D eigenvalue weighted by atomic mass is 79.9. The highest BCUT2D eigenvalue weighted by molar-refractivity contribution is 9.11. The zero-order valence-corrected chi connectivity index (χ0v) is 16.2. The molecule has 2 aromatic rings. The number of thiophene rings is 1. The standard InChI is InChI=1S/C17H16BrFN2O4S/c1-25-16(23)8-12(10-2-4-11(19)5-3-10)21-15(22)9-20-17(24)13-6-7-14(18)26-13/h2-7,12H,8-9H2,1H3,(H,20,24)(H,21,22). The molecule has 0 aliphatic heterocycles. The molecule has 9 heteroatoms. The largest absolute Gasteiger partial charge is 0.469 e. The van der Waals surface area contributed by atoms with Crippen LogP contribution in [-0.4, -0.2) is 31.4 Å². The minimum Gasteiger partial charge on any atom is -0.469 e. The van der Waals surface area contributed by atoms with Gasteiger partial charge in [0.25, 0.3) is 5.91 Å². The van der Waals surface area contributed by atoms with Crippen LogP contribution in [0, 0.1) is 5.82 Å². The fourth-order valence-electron chi connectivity index (χ4n) is 2.13. The van der Waals surface area contributed by atoms with Gasteiger partial charge in [-0.3, -0.25) is 14.4 Å². The van der Waals surface area contributed by atoms with E-state index < -0.39 is 23.7 Å². The van der Waals surface area contributed by atoms with Crippen LogP contribution in [0.3, 0.4) is 0 Å². The van der Waals surface area contributed by atoms with Gasteiger partial charge in [0.15, 0.2) is 0 Å². The van der Waals surface area contributed by atoms with E-state index in [0.29, 0.717) is 10.4 Å². The first kappa shape index (κ1) is 20.1. The van der Waals surface area contributed by atoms with E-state index in [1.54, 1.807) is 12.1 Å². The number of rotatable bonds is 7. The summed E-state index contributed by atoms with van der Waals surface area (Å²) in [7, 11) is 1.24. The number of methoxy groups -OCH3 is 1. The molecule has 6 nitrogen and oxygen atoms in total. The number of hydrogen-bond donors (Lipinski definition) is 2. The molecular formula is C17H16BrFN2O4S. The molecule has 138 valence electrons. The Bertz CT molecular complexity index is 794.